The standard InChI is InChI=1S/C28H30F4N2O3S/c1-3-37-15-4-14-33(27(36)22-7-9-23(10-8-22)28(30,31)32)19-26(35)34(18-25-20(2)13-16-38-25)17-21-5-11-24(29)12-6-21/h5-13,16H,3-4,14-15,17-19H2,1-2H3. The highest BCUT2D eigenvalue weighted by Crippen LogP contribution is 2.29. The van der Waals surface area contributed by atoms with Gasteiger partial charge in [0, 0.05) is 36.7 Å². The number of hydrogen-bond donors (Lipinski definition) is 0. The van der Waals surface area contributed by atoms with E-state index in [9.17, 15) is 27.2 Å². The summed E-state index contributed by atoms with van der Waals surface area (Å²) in [6.45, 7) is 5.09. The number of thiophene rings is 1. The first-order valence-corrected chi connectivity index (χ1v) is 13.1. The monoisotopic (exact) mass is 550 g/mol. The Hall–Kier alpha value is -3.24. The second-order valence-corrected chi connectivity index (χ2v) is 9.76. The van der Waals surface area contributed by atoms with Gasteiger partial charge in [-0.1, -0.05) is 12.1 Å². The molecule has 204 valence electrons. The third-order valence-electron chi connectivity index (χ3n) is 5.94. The van der Waals surface area contributed by atoms with Gasteiger partial charge in [0.25, 0.3) is 5.91 Å². The van der Waals surface area contributed by atoms with Crippen molar-refractivity contribution in [3.63, 3.8) is 0 Å². The normalized spacial score (nSPS) is 11.4. The van der Waals surface area contributed by atoms with Crippen LogP contribution in [0, 0.1) is 12.7 Å². The zero-order valence-electron chi connectivity index (χ0n) is 21.3. The van der Waals surface area contributed by atoms with Crippen molar-refractivity contribution in [3.05, 3.63) is 92.9 Å². The van der Waals surface area contributed by atoms with Gasteiger partial charge in [-0.3, -0.25) is 9.59 Å². The zero-order chi connectivity index (χ0) is 27.7. The number of carbonyl (C=O) groups excluding carboxylic acids is 2. The first kappa shape index (κ1) is 29.3. The number of hydrogen-bond acceptors (Lipinski definition) is 4. The predicted molar refractivity (Wildman–Crippen MR) is 138 cm³/mol. The van der Waals surface area contributed by atoms with Crippen molar-refractivity contribution in [2.24, 2.45) is 0 Å². The van der Waals surface area contributed by atoms with E-state index < -0.39 is 17.6 Å². The van der Waals surface area contributed by atoms with Gasteiger partial charge >= 0.3 is 6.18 Å². The highest BCUT2D eigenvalue weighted by Gasteiger charge is 2.31. The van der Waals surface area contributed by atoms with Crippen molar-refractivity contribution in [2.75, 3.05) is 26.3 Å². The molecule has 1 aromatic heterocycles. The number of aryl methyl sites for hydroxylation is 1. The number of amides is 2. The summed E-state index contributed by atoms with van der Waals surface area (Å²) in [5.74, 6) is -1.26. The number of carbonyl (C=O) groups is 2. The van der Waals surface area contributed by atoms with E-state index in [2.05, 4.69) is 0 Å². The Morgan fingerprint density at radius 2 is 1.63 bits per heavy atom. The Labute approximate surface area is 223 Å². The predicted octanol–water partition coefficient (Wildman–Crippen LogP) is 6.31. The maximum atomic E-state index is 13.6. The van der Waals surface area contributed by atoms with Crippen molar-refractivity contribution < 1.29 is 31.9 Å². The van der Waals surface area contributed by atoms with E-state index in [1.807, 2.05) is 25.3 Å². The average Bonchev–Trinajstić information content (AvgIpc) is 3.29. The fraction of sp³-hybridized carbons (Fsp3) is 0.357. The summed E-state index contributed by atoms with van der Waals surface area (Å²) in [6, 6.07) is 11.8. The molecule has 2 amide bonds. The van der Waals surface area contributed by atoms with Gasteiger partial charge in [0.05, 0.1) is 12.1 Å². The quantitative estimate of drug-likeness (QED) is 0.196. The topological polar surface area (TPSA) is 49.9 Å². The van der Waals surface area contributed by atoms with Gasteiger partial charge in [-0.05, 0) is 79.2 Å². The van der Waals surface area contributed by atoms with Gasteiger partial charge in [0.1, 0.15) is 12.4 Å². The lowest BCUT2D eigenvalue weighted by Crippen LogP contribution is -2.43. The molecule has 10 heteroatoms. The lowest BCUT2D eigenvalue weighted by molar-refractivity contribution is -0.137. The minimum atomic E-state index is -4.52. The van der Waals surface area contributed by atoms with Gasteiger partial charge in [-0.2, -0.15) is 13.2 Å². The van der Waals surface area contributed by atoms with Crippen LogP contribution in [0.2, 0.25) is 0 Å². The van der Waals surface area contributed by atoms with Gasteiger partial charge in [-0.15, -0.1) is 11.3 Å². The Balaban J connectivity index is 1.82. The van der Waals surface area contributed by atoms with Crippen LogP contribution in [0.5, 0.6) is 0 Å². The Bertz CT molecular complexity index is 1190. The summed E-state index contributed by atoms with van der Waals surface area (Å²) < 4.78 is 57.7. The van der Waals surface area contributed by atoms with Crippen LogP contribution in [0.15, 0.2) is 60.0 Å². The average molecular weight is 551 g/mol. The first-order chi connectivity index (χ1) is 18.1. The van der Waals surface area contributed by atoms with Crippen LogP contribution in [0.3, 0.4) is 0 Å². The van der Waals surface area contributed by atoms with Crippen LogP contribution < -0.4 is 0 Å². The number of nitrogens with zero attached hydrogens (tertiary/aromatic N) is 2. The van der Waals surface area contributed by atoms with Crippen LogP contribution in [0.4, 0.5) is 17.6 Å². The van der Waals surface area contributed by atoms with Crippen molar-refractivity contribution >= 4 is 23.2 Å². The van der Waals surface area contributed by atoms with Crippen molar-refractivity contribution in [2.45, 2.75) is 39.5 Å². The van der Waals surface area contributed by atoms with Crippen molar-refractivity contribution in [3.8, 4) is 0 Å². The summed E-state index contributed by atoms with van der Waals surface area (Å²) in [4.78, 5) is 30.8. The minimum absolute atomic E-state index is 0.0568. The number of ether oxygens (including phenoxy) is 1. The fourth-order valence-electron chi connectivity index (χ4n) is 3.78. The molecule has 1 heterocycles. The molecule has 0 aliphatic rings. The Morgan fingerprint density at radius 3 is 2.21 bits per heavy atom. The molecule has 38 heavy (non-hydrogen) atoms. The molecule has 0 N–H and O–H groups in total. The molecule has 5 nitrogen and oxygen atoms in total. The van der Waals surface area contributed by atoms with Gasteiger partial charge in [0.15, 0.2) is 0 Å². The highest BCUT2D eigenvalue weighted by atomic mass is 32.1. The van der Waals surface area contributed by atoms with Gasteiger partial charge < -0.3 is 14.5 Å². The van der Waals surface area contributed by atoms with Crippen LogP contribution >= 0.6 is 11.3 Å². The molecule has 0 fully saturated rings. The zero-order valence-corrected chi connectivity index (χ0v) is 22.1. The SMILES string of the molecule is CCOCCCN(CC(=O)N(Cc1ccc(F)cc1)Cc1sccc1C)C(=O)c1ccc(C(F)(F)F)cc1. The summed E-state index contributed by atoms with van der Waals surface area (Å²) >= 11 is 1.51. The summed E-state index contributed by atoms with van der Waals surface area (Å²) in [6.07, 6.45) is -4.06. The molecule has 0 spiro atoms. The largest absolute Gasteiger partial charge is 0.416 e. The second-order valence-electron chi connectivity index (χ2n) is 8.76. The summed E-state index contributed by atoms with van der Waals surface area (Å²) in [7, 11) is 0. The molecule has 0 bridgehead atoms. The van der Waals surface area contributed by atoms with E-state index in [-0.39, 0.29) is 36.9 Å². The maximum Gasteiger partial charge on any atom is 0.416 e. The van der Waals surface area contributed by atoms with Crippen LogP contribution in [-0.4, -0.2) is 47.9 Å². The second kappa shape index (κ2) is 13.5. The molecule has 0 unspecified atom stereocenters. The smallest absolute Gasteiger partial charge is 0.382 e. The molecule has 0 saturated carbocycles. The molecule has 0 atom stereocenters. The maximum absolute atomic E-state index is 13.6. The van der Waals surface area contributed by atoms with Crippen LogP contribution in [-0.2, 0) is 28.8 Å². The summed E-state index contributed by atoms with van der Waals surface area (Å²) in [5, 5.41) is 1.93. The number of benzene rings is 2. The molecule has 0 aliphatic carbocycles. The van der Waals surface area contributed by atoms with E-state index in [4.69, 9.17) is 4.74 Å². The van der Waals surface area contributed by atoms with Crippen molar-refractivity contribution in [1.82, 2.24) is 9.80 Å². The van der Waals surface area contributed by atoms with Gasteiger partial charge in [0.2, 0.25) is 5.91 Å². The Morgan fingerprint density at radius 1 is 0.947 bits per heavy atom. The number of alkyl halides is 3. The first-order valence-electron chi connectivity index (χ1n) is 12.2. The van der Waals surface area contributed by atoms with Crippen molar-refractivity contribution in [1.29, 1.82) is 0 Å². The third kappa shape index (κ3) is 8.39. The number of rotatable bonds is 12. The highest BCUT2D eigenvalue weighted by molar-refractivity contribution is 7.10. The molecule has 3 rings (SSSR count). The summed E-state index contributed by atoms with van der Waals surface area (Å²) in [5.41, 5.74) is 0.957. The molecule has 0 radical (unpaired) electrons. The minimum Gasteiger partial charge on any atom is -0.382 e. The Kier molecular flexibility index (Phi) is 10.4. The van der Waals surface area contributed by atoms with Crippen LogP contribution in [0.25, 0.3) is 0 Å². The molecular weight excluding hydrogens is 520 g/mol. The lowest BCUT2D eigenvalue weighted by atomic mass is 10.1. The lowest BCUT2D eigenvalue weighted by Gasteiger charge is -2.28. The number of halogens is 4. The molecule has 0 saturated heterocycles. The van der Waals surface area contributed by atoms with E-state index in [1.165, 1.54) is 28.4 Å². The van der Waals surface area contributed by atoms with Gasteiger partial charge in [-0.25, -0.2) is 4.39 Å². The fourth-order valence-corrected chi connectivity index (χ4v) is 4.70. The molecule has 0 aliphatic heterocycles. The third-order valence-corrected chi connectivity index (χ3v) is 6.94. The molecular formula is C28H30F4N2O3S. The van der Waals surface area contributed by atoms with E-state index >= 15 is 0 Å². The molecule has 3 aromatic rings. The van der Waals surface area contributed by atoms with E-state index in [0.717, 1.165) is 40.3 Å². The van der Waals surface area contributed by atoms with Crippen LogP contribution in [0.1, 0.15) is 45.3 Å². The molecule has 2 aromatic carbocycles. The van der Waals surface area contributed by atoms with E-state index in [1.54, 1.807) is 17.0 Å². The van der Waals surface area contributed by atoms with E-state index in [0.29, 0.717) is 26.2 Å².